The van der Waals surface area contributed by atoms with Gasteiger partial charge in [0.05, 0.1) is 4.90 Å². The van der Waals surface area contributed by atoms with E-state index in [1.54, 1.807) is 24.3 Å². The van der Waals surface area contributed by atoms with E-state index in [0.717, 1.165) is 31.2 Å². The van der Waals surface area contributed by atoms with Crippen molar-refractivity contribution in [1.29, 1.82) is 0 Å². The zero-order valence-electron chi connectivity index (χ0n) is 15.5. The third kappa shape index (κ3) is 5.67. The molecule has 0 atom stereocenters. The van der Waals surface area contributed by atoms with Crippen molar-refractivity contribution in [3.8, 4) is 0 Å². The third-order valence-electron chi connectivity index (χ3n) is 5.07. The Morgan fingerprint density at radius 3 is 2.23 bits per heavy atom. The minimum absolute atomic E-state index is 0. The lowest BCUT2D eigenvalue weighted by atomic mass is 9.71. The molecule has 0 aliphatic heterocycles. The van der Waals surface area contributed by atoms with E-state index >= 15 is 0 Å². The zero-order chi connectivity index (χ0) is 18.5. The lowest BCUT2D eigenvalue weighted by Crippen LogP contribution is -2.38. The lowest BCUT2D eigenvalue weighted by molar-refractivity contribution is -0.124. The van der Waals surface area contributed by atoms with Crippen LogP contribution >= 0.6 is 12.4 Å². The molecular weight excluding hydrogens is 374 g/mol. The van der Waals surface area contributed by atoms with Crippen molar-refractivity contribution >= 4 is 28.3 Å². The molecule has 3 N–H and O–H groups in total. The maximum Gasteiger partial charge on any atom is 0.242 e. The third-order valence-corrected chi connectivity index (χ3v) is 6.90. The molecule has 0 spiro atoms. The predicted octanol–water partition coefficient (Wildman–Crippen LogP) is 2.27. The molecule has 0 unspecified atom stereocenters. The van der Waals surface area contributed by atoms with Crippen LogP contribution in [0.3, 0.4) is 0 Å². The van der Waals surface area contributed by atoms with Crippen LogP contribution in [0.1, 0.15) is 44.1 Å². The number of carbonyl (C=O) groups excluding carboxylic acids is 1. The molecular formula is C18H30ClN3O3S. The van der Waals surface area contributed by atoms with E-state index in [2.05, 4.69) is 5.32 Å². The quantitative estimate of drug-likeness (QED) is 0.730. The minimum Gasteiger partial charge on any atom is -0.352 e. The molecule has 1 aliphatic carbocycles. The van der Waals surface area contributed by atoms with Crippen molar-refractivity contribution in [3.05, 3.63) is 29.8 Å². The van der Waals surface area contributed by atoms with Crippen molar-refractivity contribution in [3.63, 3.8) is 0 Å². The normalized spacial score (nSPS) is 16.8. The standard InChI is InChI=1S/C18H29N3O3S.ClH/c1-21(2)25(23,24)16-8-6-15(7-9-16)13-20-17(22)12-18(14-19)10-4-3-5-11-18;/h6-9H,3-5,10-14,19H2,1-2H3,(H,20,22);1H. The van der Waals surface area contributed by atoms with Crippen molar-refractivity contribution in [2.45, 2.75) is 50.0 Å². The molecule has 0 saturated heterocycles. The molecule has 6 nitrogen and oxygen atoms in total. The van der Waals surface area contributed by atoms with Crippen LogP contribution in [0.5, 0.6) is 0 Å². The zero-order valence-corrected chi connectivity index (χ0v) is 17.2. The fraction of sp³-hybridized carbons (Fsp3) is 0.611. The number of rotatable bonds is 7. The van der Waals surface area contributed by atoms with E-state index in [1.165, 1.54) is 24.8 Å². The van der Waals surface area contributed by atoms with Crippen LogP contribution in [0.2, 0.25) is 0 Å². The molecule has 1 aromatic carbocycles. The van der Waals surface area contributed by atoms with Crippen LogP contribution < -0.4 is 11.1 Å². The molecule has 1 amide bonds. The largest absolute Gasteiger partial charge is 0.352 e. The van der Waals surface area contributed by atoms with Gasteiger partial charge in [0.2, 0.25) is 15.9 Å². The van der Waals surface area contributed by atoms with Gasteiger partial charge >= 0.3 is 0 Å². The number of hydrogen-bond donors (Lipinski definition) is 2. The number of benzene rings is 1. The van der Waals surface area contributed by atoms with E-state index in [1.807, 2.05) is 0 Å². The van der Waals surface area contributed by atoms with Gasteiger partial charge in [-0.3, -0.25) is 4.79 Å². The highest BCUT2D eigenvalue weighted by molar-refractivity contribution is 7.89. The van der Waals surface area contributed by atoms with E-state index in [-0.39, 0.29) is 28.6 Å². The molecule has 0 aromatic heterocycles. The Balaban J connectivity index is 0.00000338. The first kappa shape index (κ1) is 22.9. The minimum atomic E-state index is -3.42. The molecule has 1 fully saturated rings. The topological polar surface area (TPSA) is 92.5 Å². The summed E-state index contributed by atoms with van der Waals surface area (Å²) in [6.45, 7) is 0.944. The Bertz CT molecular complexity index is 684. The summed E-state index contributed by atoms with van der Waals surface area (Å²) < 4.78 is 25.3. The van der Waals surface area contributed by atoms with Crippen LogP contribution in [0.4, 0.5) is 0 Å². The molecule has 26 heavy (non-hydrogen) atoms. The number of carbonyl (C=O) groups is 1. The van der Waals surface area contributed by atoms with E-state index in [4.69, 9.17) is 5.73 Å². The van der Waals surface area contributed by atoms with Crippen molar-refractivity contribution in [2.75, 3.05) is 20.6 Å². The van der Waals surface area contributed by atoms with Gasteiger partial charge in [0.1, 0.15) is 0 Å². The summed E-state index contributed by atoms with van der Waals surface area (Å²) >= 11 is 0. The van der Waals surface area contributed by atoms with E-state index < -0.39 is 10.0 Å². The molecule has 2 rings (SSSR count). The van der Waals surface area contributed by atoms with Gasteiger partial charge in [-0.05, 0) is 42.5 Å². The maximum absolute atomic E-state index is 12.3. The summed E-state index contributed by atoms with van der Waals surface area (Å²) in [6, 6.07) is 6.60. The van der Waals surface area contributed by atoms with Gasteiger partial charge in [-0.2, -0.15) is 0 Å². The van der Waals surface area contributed by atoms with Crippen molar-refractivity contribution in [1.82, 2.24) is 9.62 Å². The first-order chi connectivity index (χ1) is 11.8. The summed E-state index contributed by atoms with van der Waals surface area (Å²) in [5.41, 5.74) is 6.76. The number of sulfonamides is 1. The molecule has 1 aliphatic rings. The summed E-state index contributed by atoms with van der Waals surface area (Å²) in [5, 5.41) is 2.93. The second-order valence-electron chi connectivity index (χ2n) is 7.15. The van der Waals surface area contributed by atoms with Crippen LogP contribution in [0.15, 0.2) is 29.2 Å². The fourth-order valence-electron chi connectivity index (χ4n) is 3.35. The molecule has 1 aromatic rings. The highest BCUT2D eigenvalue weighted by Crippen LogP contribution is 2.38. The average molecular weight is 404 g/mol. The molecule has 0 heterocycles. The van der Waals surface area contributed by atoms with Crippen LogP contribution in [0, 0.1) is 5.41 Å². The summed E-state index contributed by atoms with van der Waals surface area (Å²) in [7, 11) is -0.420. The SMILES string of the molecule is CN(C)S(=O)(=O)c1ccc(CNC(=O)CC2(CN)CCCCC2)cc1.Cl. The average Bonchev–Trinajstić information content (AvgIpc) is 2.61. The Labute approximate surface area is 163 Å². The number of nitrogens with one attached hydrogen (secondary N) is 1. The van der Waals surface area contributed by atoms with Crippen LogP contribution in [-0.4, -0.2) is 39.3 Å². The van der Waals surface area contributed by atoms with E-state index in [0.29, 0.717) is 19.5 Å². The maximum atomic E-state index is 12.3. The van der Waals surface area contributed by atoms with Gasteiger partial charge in [0.25, 0.3) is 0 Å². The van der Waals surface area contributed by atoms with Gasteiger partial charge in [0, 0.05) is 27.1 Å². The molecule has 0 radical (unpaired) electrons. The number of amides is 1. The number of nitrogens with zero attached hydrogens (tertiary/aromatic N) is 1. The molecule has 8 heteroatoms. The smallest absolute Gasteiger partial charge is 0.242 e. The van der Waals surface area contributed by atoms with Gasteiger partial charge < -0.3 is 11.1 Å². The first-order valence-corrected chi connectivity index (χ1v) is 10.2. The first-order valence-electron chi connectivity index (χ1n) is 8.77. The Kier molecular flexibility index (Phi) is 8.53. The second-order valence-corrected chi connectivity index (χ2v) is 9.30. The number of halogens is 1. The lowest BCUT2D eigenvalue weighted by Gasteiger charge is -2.35. The van der Waals surface area contributed by atoms with Gasteiger partial charge in [-0.15, -0.1) is 12.4 Å². The van der Waals surface area contributed by atoms with Crippen LogP contribution in [-0.2, 0) is 21.4 Å². The van der Waals surface area contributed by atoms with Gasteiger partial charge in [-0.25, -0.2) is 12.7 Å². The van der Waals surface area contributed by atoms with Gasteiger partial charge in [-0.1, -0.05) is 31.4 Å². The summed E-state index contributed by atoms with van der Waals surface area (Å²) in [5.74, 6) is 0.0114. The van der Waals surface area contributed by atoms with Crippen molar-refractivity contribution < 1.29 is 13.2 Å². The van der Waals surface area contributed by atoms with E-state index in [9.17, 15) is 13.2 Å². The van der Waals surface area contributed by atoms with Gasteiger partial charge in [0.15, 0.2) is 0 Å². The fourth-order valence-corrected chi connectivity index (χ4v) is 4.25. The molecule has 148 valence electrons. The molecule has 1 saturated carbocycles. The number of nitrogens with two attached hydrogens (primary N) is 1. The summed E-state index contributed by atoms with van der Waals surface area (Å²) in [4.78, 5) is 12.5. The Morgan fingerprint density at radius 2 is 1.73 bits per heavy atom. The highest BCUT2D eigenvalue weighted by Gasteiger charge is 2.32. The predicted molar refractivity (Wildman–Crippen MR) is 106 cm³/mol. The Hall–Kier alpha value is -1.15. The molecule has 0 bridgehead atoms. The number of hydrogen-bond acceptors (Lipinski definition) is 4. The highest BCUT2D eigenvalue weighted by atomic mass is 35.5. The second kappa shape index (κ2) is 9.69. The monoisotopic (exact) mass is 403 g/mol. The van der Waals surface area contributed by atoms with Crippen molar-refractivity contribution in [2.24, 2.45) is 11.1 Å². The Morgan fingerprint density at radius 1 is 1.15 bits per heavy atom. The van der Waals surface area contributed by atoms with Crippen LogP contribution in [0.25, 0.3) is 0 Å². The summed E-state index contributed by atoms with van der Waals surface area (Å²) in [6.07, 6.45) is 6.03.